The lowest BCUT2D eigenvalue weighted by molar-refractivity contribution is 0.304. The van der Waals surface area contributed by atoms with E-state index in [4.69, 9.17) is 5.02 Å². The van der Waals surface area contributed by atoms with Crippen LogP contribution in [0.15, 0.2) is 0 Å². The molecule has 1 unspecified atom stereocenters. The minimum absolute atomic E-state index is 0.478. The van der Waals surface area contributed by atoms with Crippen LogP contribution in [0.3, 0.4) is 0 Å². The highest BCUT2D eigenvalue weighted by Gasteiger charge is 2.33. The molecule has 0 aromatic heterocycles. The fourth-order valence-electron chi connectivity index (χ4n) is 2.33. The Morgan fingerprint density at radius 1 is 1.64 bits per heavy atom. The van der Waals surface area contributed by atoms with Crippen LogP contribution in [0.25, 0.3) is 0 Å². The summed E-state index contributed by atoms with van der Waals surface area (Å²) in [5.74, 6) is 0.478. The van der Waals surface area contributed by atoms with Crippen LogP contribution >= 0.6 is 0 Å². The molecule has 1 N–H and O–H groups in total. The van der Waals surface area contributed by atoms with Gasteiger partial charge in [-0.3, -0.25) is 0 Å². The van der Waals surface area contributed by atoms with E-state index in [2.05, 4.69) is 13.8 Å². The fraction of sp³-hybridized carbons (Fsp3) is 1.00. The average Bonchev–Trinajstić information content (AvgIpc) is 2.33. The number of hydrogen-bond acceptors (Lipinski definition) is 1. The zero-order valence-electron chi connectivity index (χ0n) is 7.64. The molecule has 1 aliphatic carbocycles. The zero-order valence-corrected chi connectivity index (χ0v) is 7.64. The SMILES string of the molecule is CCCC1(C)CC[C@H]([B]O)C1. The first-order valence-electron chi connectivity index (χ1n) is 4.68. The predicted molar refractivity (Wildman–Crippen MR) is 48.6 cm³/mol. The third kappa shape index (κ3) is 2.23. The lowest BCUT2D eigenvalue weighted by atomic mass is 9.75. The van der Waals surface area contributed by atoms with Crippen molar-refractivity contribution in [1.29, 1.82) is 0 Å². The van der Waals surface area contributed by atoms with E-state index < -0.39 is 0 Å². The van der Waals surface area contributed by atoms with Gasteiger partial charge in [0.1, 0.15) is 0 Å². The van der Waals surface area contributed by atoms with Crippen molar-refractivity contribution in [2.45, 2.75) is 51.8 Å². The van der Waals surface area contributed by atoms with E-state index >= 15 is 0 Å². The molecule has 0 bridgehead atoms. The molecular weight excluding hydrogens is 135 g/mol. The van der Waals surface area contributed by atoms with Gasteiger partial charge in [-0.2, -0.15) is 0 Å². The van der Waals surface area contributed by atoms with Gasteiger partial charge in [0.15, 0.2) is 0 Å². The summed E-state index contributed by atoms with van der Waals surface area (Å²) in [5, 5.41) is 8.84. The molecule has 1 aliphatic rings. The fourth-order valence-corrected chi connectivity index (χ4v) is 2.33. The highest BCUT2D eigenvalue weighted by atomic mass is 16.2. The summed E-state index contributed by atoms with van der Waals surface area (Å²) in [7, 11) is 1.39. The van der Waals surface area contributed by atoms with Crippen molar-refractivity contribution in [3.63, 3.8) is 0 Å². The standard InChI is InChI=1S/C9H18BO/c1-3-5-9(2)6-4-8(7-9)10-11/h8,11H,3-7H2,1-2H3/t8-,9?/m0/s1. The molecule has 0 aliphatic heterocycles. The highest BCUT2D eigenvalue weighted by Crippen LogP contribution is 2.46. The molecule has 1 radical (unpaired) electrons. The molecule has 2 atom stereocenters. The molecule has 1 fully saturated rings. The third-order valence-electron chi connectivity index (χ3n) is 2.94. The van der Waals surface area contributed by atoms with Crippen LogP contribution in [0.1, 0.15) is 46.0 Å². The second kappa shape index (κ2) is 3.62. The Morgan fingerprint density at radius 2 is 2.36 bits per heavy atom. The molecular formula is C9H18BO. The summed E-state index contributed by atoms with van der Waals surface area (Å²) in [6.45, 7) is 4.58. The molecule has 0 heterocycles. The van der Waals surface area contributed by atoms with Crippen LogP contribution < -0.4 is 0 Å². The van der Waals surface area contributed by atoms with Gasteiger partial charge < -0.3 is 5.02 Å². The van der Waals surface area contributed by atoms with Crippen LogP contribution in [-0.2, 0) is 0 Å². The van der Waals surface area contributed by atoms with E-state index in [-0.39, 0.29) is 0 Å². The van der Waals surface area contributed by atoms with E-state index in [0.29, 0.717) is 11.2 Å². The molecule has 0 spiro atoms. The summed E-state index contributed by atoms with van der Waals surface area (Å²) in [5.41, 5.74) is 0.526. The summed E-state index contributed by atoms with van der Waals surface area (Å²) >= 11 is 0. The minimum atomic E-state index is 0.478. The third-order valence-corrected chi connectivity index (χ3v) is 2.94. The van der Waals surface area contributed by atoms with Crippen LogP contribution in [0, 0.1) is 5.41 Å². The molecule has 0 aromatic carbocycles. The van der Waals surface area contributed by atoms with Crippen molar-refractivity contribution in [1.82, 2.24) is 0 Å². The van der Waals surface area contributed by atoms with E-state index in [1.807, 2.05) is 0 Å². The van der Waals surface area contributed by atoms with E-state index in [0.717, 1.165) is 0 Å². The highest BCUT2D eigenvalue weighted by molar-refractivity contribution is 6.27. The van der Waals surface area contributed by atoms with Gasteiger partial charge in [0.25, 0.3) is 7.48 Å². The molecule has 63 valence electrons. The lowest BCUT2D eigenvalue weighted by Gasteiger charge is -2.22. The van der Waals surface area contributed by atoms with Gasteiger partial charge in [0.05, 0.1) is 0 Å². The topological polar surface area (TPSA) is 20.2 Å². The van der Waals surface area contributed by atoms with Crippen molar-refractivity contribution in [2.24, 2.45) is 5.41 Å². The molecule has 0 aromatic rings. The van der Waals surface area contributed by atoms with Crippen LogP contribution in [-0.4, -0.2) is 12.5 Å². The Kier molecular flexibility index (Phi) is 3.00. The molecule has 1 rings (SSSR count). The maximum atomic E-state index is 8.84. The molecule has 0 saturated heterocycles. The van der Waals surface area contributed by atoms with Crippen LogP contribution in [0.5, 0.6) is 0 Å². The van der Waals surface area contributed by atoms with Gasteiger partial charge in [0.2, 0.25) is 0 Å². The Balaban J connectivity index is 2.37. The largest absolute Gasteiger partial charge is 0.454 e. The maximum absolute atomic E-state index is 8.84. The van der Waals surface area contributed by atoms with Crippen molar-refractivity contribution in [2.75, 3.05) is 0 Å². The van der Waals surface area contributed by atoms with Crippen LogP contribution in [0.2, 0.25) is 5.82 Å². The Labute approximate surface area is 70.5 Å². The first-order valence-corrected chi connectivity index (χ1v) is 4.68. The Hall–Kier alpha value is 0.0249. The van der Waals surface area contributed by atoms with Crippen molar-refractivity contribution in [3.8, 4) is 0 Å². The first kappa shape index (κ1) is 9.12. The monoisotopic (exact) mass is 153 g/mol. The minimum Gasteiger partial charge on any atom is -0.454 e. The summed E-state index contributed by atoms with van der Waals surface area (Å²) in [6, 6.07) is 0. The molecule has 2 heteroatoms. The van der Waals surface area contributed by atoms with Crippen molar-refractivity contribution < 1.29 is 5.02 Å². The van der Waals surface area contributed by atoms with E-state index in [1.54, 1.807) is 0 Å². The van der Waals surface area contributed by atoms with Gasteiger partial charge in [-0.05, 0) is 30.5 Å². The van der Waals surface area contributed by atoms with Crippen molar-refractivity contribution in [3.05, 3.63) is 0 Å². The van der Waals surface area contributed by atoms with Crippen LogP contribution in [0.4, 0.5) is 0 Å². The normalized spacial score (nSPS) is 37.5. The van der Waals surface area contributed by atoms with Crippen molar-refractivity contribution >= 4 is 7.48 Å². The maximum Gasteiger partial charge on any atom is 0.290 e. The lowest BCUT2D eigenvalue weighted by Crippen LogP contribution is -2.11. The molecule has 11 heavy (non-hydrogen) atoms. The second-order valence-corrected chi connectivity index (χ2v) is 4.21. The second-order valence-electron chi connectivity index (χ2n) is 4.21. The summed E-state index contributed by atoms with van der Waals surface area (Å²) in [4.78, 5) is 0. The Bertz CT molecular complexity index is 127. The average molecular weight is 153 g/mol. The van der Waals surface area contributed by atoms with E-state index in [9.17, 15) is 0 Å². The molecule has 1 saturated carbocycles. The molecule has 0 amide bonds. The Morgan fingerprint density at radius 3 is 2.82 bits per heavy atom. The van der Waals surface area contributed by atoms with E-state index in [1.165, 1.54) is 39.6 Å². The zero-order chi connectivity index (χ0) is 8.32. The first-order chi connectivity index (χ1) is 5.20. The van der Waals surface area contributed by atoms with Gasteiger partial charge in [-0.25, -0.2) is 0 Å². The van der Waals surface area contributed by atoms with Gasteiger partial charge in [0, 0.05) is 0 Å². The number of hydrogen-bond donors (Lipinski definition) is 1. The quantitative estimate of drug-likeness (QED) is 0.617. The van der Waals surface area contributed by atoms with Gasteiger partial charge in [-0.1, -0.05) is 26.7 Å². The summed E-state index contributed by atoms with van der Waals surface area (Å²) in [6.07, 6.45) is 6.26. The van der Waals surface area contributed by atoms with Gasteiger partial charge in [-0.15, -0.1) is 0 Å². The molecule has 1 nitrogen and oxygen atoms in total. The number of rotatable bonds is 3. The smallest absolute Gasteiger partial charge is 0.290 e. The van der Waals surface area contributed by atoms with Gasteiger partial charge >= 0.3 is 0 Å². The summed E-state index contributed by atoms with van der Waals surface area (Å²) < 4.78 is 0. The predicted octanol–water partition coefficient (Wildman–Crippen LogP) is 2.38.